The molecule has 0 heterocycles. The van der Waals surface area contributed by atoms with Gasteiger partial charge in [-0.05, 0) is 22.1 Å². The van der Waals surface area contributed by atoms with Crippen LogP contribution >= 0.6 is 15.2 Å². The first kappa shape index (κ1) is 18.9. The van der Waals surface area contributed by atoms with Crippen molar-refractivity contribution in [1.82, 2.24) is 12.3 Å². The molecule has 0 aromatic carbocycles. The minimum Gasteiger partial charge on any atom is -0.808 e. The third kappa shape index (κ3) is 3.82. The second-order valence-corrected chi connectivity index (χ2v) is 6.05. The molecular weight excluding hydrogens is 226 g/mol. The first-order valence-electron chi connectivity index (χ1n) is 2.27. The van der Waals surface area contributed by atoms with Crippen molar-refractivity contribution in [2.24, 2.45) is 0 Å². The molecule has 0 aromatic rings. The summed E-state index contributed by atoms with van der Waals surface area (Å²) in [4.78, 5) is 39.8. The molecule has 0 aliphatic rings. The third-order valence-electron chi connectivity index (χ3n) is 1.04. The van der Waals surface area contributed by atoms with Gasteiger partial charge in [-0.1, -0.05) is 0 Å². The van der Waals surface area contributed by atoms with Gasteiger partial charge in [-0.3, -0.25) is 0 Å². The highest BCUT2D eigenvalue weighted by atomic mass is 31.2. The molecule has 0 aliphatic carbocycles. The van der Waals surface area contributed by atoms with E-state index in [2.05, 4.69) is 0 Å². The largest absolute Gasteiger partial charge is 0.808 e. The minimum atomic E-state index is -5.82. The summed E-state index contributed by atoms with van der Waals surface area (Å²) in [5.74, 6) is 0. The van der Waals surface area contributed by atoms with E-state index in [-0.39, 0.29) is 19.2 Å². The molecule has 0 saturated carbocycles. The van der Waals surface area contributed by atoms with E-state index in [1.54, 1.807) is 0 Å². The SMILES string of the molecule is CC(O)(P(=O)([O-])[O-])P(=O)([O-])[O-].[NH4+].[NH4+]. The Hall–Kier alpha value is 0.180. The quantitative estimate of drug-likeness (QED) is 0.429. The van der Waals surface area contributed by atoms with Crippen LogP contribution in [0.15, 0.2) is 0 Å². The monoisotopic (exact) mass is 238 g/mol. The van der Waals surface area contributed by atoms with Crippen molar-refractivity contribution >= 4 is 15.2 Å². The summed E-state index contributed by atoms with van der Waals surface area (Å²) in [6, 6.07) is 0. The van der Waals surface area contributed by atoms with E-state index in [0.717, 1.165) is 0 Å². The van der Waals surface area contributed by atoms with Gasteiger partial charge in [0.05, 0.1) is 0 Å². The Kier molecular flexibility index (Phi) is 6.69. The predicted molar refractivity (Wildman–Crippen MR) is 37.8 cm³/mol. The number of rotatable bonds is 2. The molecule has 0 unspecified atom stereocenters. The Morgan fingerprint density at radius 2 is 1.15 bits per heavy atom. The summed E-state index contributed by atoms with van der Waals surface area (Å²) in [6.45, 7) is 0.133. The predicted octanol–water partition coefficient (Wildman–Crippen LogP) is -2.77. The van der Waals surface area contributed by atoms with Gasteiger partial charge >= 0.3 is 0 Å². The summed E-state index contributed by atoms with van der Waals surface area (Å²) in [7, 11) is -11.6. The Morgan fingerprint density at radius 3 is 1.15 bits per heavy atom. The van der Waals surface area contributed by atoms with Crippen molar-refractivity contribution in [3.05, 3.63) is 0 Å². The molecule has 0 amide bonds. The molecule has 0 bridgehead atoms. The first-order chi connectivity index (χ1) is 4.50. The zero-order chi connectivity index (χ0) is 9.50. The van der Waals surface area contributed by atoms with Crippen LogP contribution in [0.4, 0.5) is 0 Å². The fourth-order valence-electron chi connectivity index (χ4n) is 0.150. The lowest BCUT2D eigenvalue weighted by atomic mass is 10.9. The molecule has 9 N–H and O–H groups in total. The van der Waals surface area contributed by atoms with E-state index < -0.39 is 20.3 Å². The molecule has 0 atom stereocenters. The molecule has 0 radical (unpaired) electrons. The summed E-state index contributed by atoms with van der Waals surface area (Å²) < 4.78 is 19.9. The zero-order valence-electron chi connectivity index (χ0n) is 7.29. The van der Waals surface area contributed by atoms with Crippen molar-refractivity contribution in [2.75, 3.05) is 0 Å². The second kappa shape index (κ2) is 4.61. The van der Waals surface area contributed by atoms with Crippen molar-refractivity contribution in [3.8, 4) is 0 Å². The summed E-state index contributed by atoms with van der Waals surface area (Å²) in [5.41, 5.74) is 0. The van der Waals surface area contributed by atoms with Gasteiger partial charge in [-0.2, -0.15) is 0 Å². The topological polar surface area (TPSA) is 220 Å². The highest BCUT2D eigenvalue weighted by molar-refractivity contribution is 7.69. The molecule has 84 valence electrons. The van der Waals surface area contributed by atoms with E-state index in [0.29, 0.717) is 0 Å². The Morgan fingerprint density at radius 1 is 1.00 bits per heavy atom. The first-order valence-corrected chi connectivity index (χ1v) is 5.35. The lowest BCUT2D eigenvalue weighted by Crippen LogP contribution is -2.43. The maximum absolute atomic E-state index is 9.95. The van der Waals surface area contributed by atoms with Gasteiger partial charge < -0.3 is 46.1 Å². The molecule has 0 aliphatic heterocycles. The van der Waals surface area contributed by atoms with Crippen molar-refractivity contribution < 1.29 is 33.8 Å². The van der Waals surface area contributed by atoms with Crippen LogP contribution in [-0.2, 0) is 9.13 Å². The second-order valence-electron chi connectivity index (χ2n) is 1.97. The van der Waals surface area contributed by atoms with Crippen LogP contribution in [0.25, 0.3) is 0 Å². The van der Waals surface area contributed by atoms with Gasteiger partial charge in [-0.25, -0.2) is 0 Å². The van der Waals surface area contributed by atoms with Crippen molar-refractivity contribution in [1.29, 1.82) is 0 Å². The highest BCUT2D eigenvalue weighted by Gasteiger charge is 2.29. The van der Waals surface area contributed by atoms with Gasteiger partial charge in [0.25, 0.3) is 0 Å². The fraction of sp³-hybridized carbons (Fsp3) is 1.00. The van der Waals surface area contributed by atoms with Gasteiger partial charge in [0.15, 0.2) is 0 Å². The summed E-state index contributed by atoms with van der Waals surface area (Å²) in [5, 5.41) is 4.68. The van der Waals surface area contributed by atoms with E-state index in [4.69, 9.17) is 5.11 Å². The van der Waals surface area contributed by atoms with Crippen LogP contribution in [0, 0.1) is 0 Å². The number of hydrogen-bond donors (Lipinski definition) is 3. The molecule has 0 fully saturated rings. The average Bonchev–Trinajstić information content (AvgIpc) is 1.58. The third-order valence-corrected chi connectivity index (χ3v) is 4.58. The van der Waals surface area contributed by atoms with Gasteiger partial charge in [-0.15, -0.1) is 0 Å². The van der Waals surface area contributed by atoms with Crippen LogP contribution in [0.3, 0.4) is 0 Å². The standard InChI is InChI=1S/C2H8O7P2.2H3N/c1-2(3,10(4,5)6)11(7,8)9;;/h3H,1H3,(H2,4,5,6)(H2,7,8,9);2*1H3/p-2. The van der Waals surface area contributed by atoms with Crippen LogP contribution in [0.5, 0.6) is 0 Å². The van der Waals surface area contributed by atoms with E-state index in [9.17, 15) is 28.7 Å². The van der Waals surface area contributed by atoms with E-state index >= 15 is 0 Å². The smallest absolute Gasteiger partial charge is 0.114 e. The molecule has 0 aromatic heterocycles. The maximum atomic E-state index is 9.95. The molecular formula is C2H12N2O7P2-2. The number of hydrogen-bond acceptors (Lipinski definition) is 7. The van der Waals surface area contributed by atoms with Crippen LogP contribution < -0.4 is 31.9 Å². The fourth-order valence-corrected chi connectivity index (χ4v) is 1.35. The van der Waals surface area contributed by atoms with E-state index in [1.165, 1.54) is 0 Å². The highest BCUT2D eigenvalue weighted by Crippen LogP contribution is 2.58. The molecule has 13 heavy (non-hydrogen) atoms. The molecule has 0 saturated heterocycles. The summed E-state index contributed by atoms with van der Waals surface area (Å²) >= 11 is 0. The lowest BCUT2D eigenvalue weighted by Gasteiger charge is -2.53. The lowest BCUT2D eigenvalue weighted by molar-refractivity contribution is -0.347. The van der Waals surface area contributed by atoms with Crippen molar-refractivity contribution in [2.45, 2.75) is 12.0 Å². The van der Waals surface area contributed by atoms with Crippen LogP contribution in [-0.4, -0.2) is 10.2 Å². The molecule has 9 nitrogen and oxygen atoms in total. The number of quaternary nitrogens is 2. The van der Waals surface area contributed by atoms with Gasteiger partial charge in [0, 0.05) is 0 Å². The van der Waals surface area contributed by atoms with Crippen LogP contribution in [0.1, 0.15) is 6.92 Å². The number of aliphatic hydroxyl groups is 1. The van der Waals surface area contributed by atoms with Gasteiger partial charge in [0.1, 0.15) is 5.08 Å². The molecule has 0 rings (SSSR count). The van der Waals surface area contributed by atoms with Crippen molar-refractivity contribution in [3.63, 3.8) is 0 Å². The summed E-state index contributed by atoms with van der Waals surface area (Å²) in [6.07, 6.45) is 0. The van der Waals surface area contributed by atoms with Gasteiger partial charge in [0.2, 0.25) is 0 Å². The zero-order valence-corrected chi connectivity index (χ0v) is 9.08. The Balaban J connectivity index is -0.000000500. The van der Waals surface area contributed by atoms with E-state index in [1.807, 2.05) is 0 Å². The Labute approximate surface area is 74.3 Å². The average molecular weight is 238 g/mol. The van der Waals surface area contributed by atoms with Crippen LogP contribution in [0.2, 0.25) is 0 Å². The Bertz CT molecular complexity index is 215. The molecule has 0 spiro atoms. The minimum absolute atomic E-state index is 0. The maximum Gasteiger partial charge on any atom is 0.114 e. The molecule has 11 heteroatoms. The normalized spacial score (nSPS) is 12.8.